The predicted molar refractivity (Wildman–Crippen MR) is 105 cm³/mol. The van der Waals surface area contributed by atoms with Gasteiger partial charge in [-0.15, -0.1) is 0 Å². The minimum atomic E-state index is -0.673. The van der Waals surface area contributed by atoms with Crippen LogP contribution in [0, 0.1) is 6.92 Å². The number of hydrogen-bond acceptors (Lipinski definition) is 6. The van der Waals surface area contributed by atoms with Crippen LogP contribution in [0.3, 0.4) is 0 Å². The standard InChI is InChI=1S/C21H22N2O5/c1-4-23-13-18(19(24)17-10-5-14(2)22-20(17)23)21(25)28-12-11-27-16-8-6-15(26-3)7-9-16/h5-10,13H,4,11-12H2,1-3H3. The van der Waals surface area contributed by atoms with Crippen molar-refractivity contribution in [2.24, 2.45) is 0 Å². The third-order valence-corrected chi connectivity index (χ3v) is 4.27. The lowest BCUT2D eigenvalue weighted by molar-refractivity contribution is 0.0448. The quantitative estimate of drug-likeness (QED) is 0.462. The average Bonchev–Trinajstić information content (AvgIpc) is 2.71. The Morgan fingerprint density at radius 1 is 1.07 bits per heavy atom. The van der Waals surface area contributed by atoms with Gasteiger partial charge in [0.15, 0.2) is 0 Å². The molecule has 2 heterocycles. The first kappa shape index (κ1) is 19.4. The lowest BCUT2D eigenvalue weighted by atomic mass is 10.2. The number of carbonyl (C=O) groups excluding carboxylic acids is 1. The van der Waals surface area contributed by atoms with Crippen molar-refractivity contribution in [2.45, 2.75) is 20.4 Å². The first-order chi connectivity index (χ1) is 13.5. The molecule has 0 radical (unpaired) electrons. The van der Waals surface area contributed by atoms with Crippen molar-refractivity contribution in [3.05, 3.63) is 64.1 Å². The number of pyridine rings is 2. The molecule has 7 heteroatoms. The van der Waals surface area contributed by atoms with Crippen molar-refractivity contribution in [1.29, 1.82) is 0 Å². The molecule has 7 nitrogen and oxygen atoms in total. The Bertz CT molecular complexity index is 1040. The van der Waals surface area contributed by atoms with Crippen LogP contribution in [0.2, 0.25) is 0 Å². The number of aryl methyl sites for hydroxylation is 2. The Morgan fingerprint density at radius 2 is 1.79 bits per heavy atom. The minimum Gasteiger partial charge on any atom is -0.497 e. The second-order valence-corrected chi connectivity index (χ2v) is 6.14. The lowest BCUT2D eigenvalue weighted by Crippen LogP contribution is -2.22. The van der Waals surface area contributed by atoms with Crippen LogP contribution in [-0.4, -0.2) is 35.8 Å². The molecule has 0 spiro atoms. The molecule has 0 bridgehead atoms. The van der Waals surface area contributed by atoms with Crippen molar-refractivity contribution >= 4 is 17.0 Å². The molecule has 0 atom stereocenters. The fourth-order valence-corrected chi connectivity index (χ4v) is 2.79. The summed E-state index contributed by atoms with van der Waals surface area (Å²) in [6, 6.07) is 10.5. The maximum absolute atomic E-state index is 12.7. The van der Waals surface area contributed by atoms with Crippen LogP contribution in [-0.2, 0) is 11.3 Å². The van der Waals surface area contributed by atoms with E-state index in [0.29, 0.717) is 23.3 Å². The van der Waals surface area contributed by atoms with E-state index in [1.165, 1.54) is 6.20 Å². The molecule has 0 aliphatic carbocycles. The van der Waals surface area contributed by atoms with E-state index in [2.05, 4.69) is 4.98 Å². The third-order valence-electron chi connectivity index (χ3n) is 4.27. The average molecular weight is 382 g/mol. The topological polar surface area (TPSA) is 79.6 Å². The van der Waals surface area contributed by atoms with Gasteiger partial charge in [0.2, 0.25) is 5.43 Å². The van der Waals surface area contributed by atoms with Crippen molar-refractivity contribution in [1.82, 2.24) is 9.55 Å². The van der Waals surface area contributed by atoms with E-state index in [-0.39, 0.29) is 24.2 Å². The number of ether oxygens (including phenoxy) is 3. The van der Waals surface area contributed by atoms with E-state index in [0.717, 1.165) is 11.4 Å². The number of fused-ring (bicyclic) bond motifs is 1. The highest BCUT2D eigenvalue weighted by atomic mass is 16.6. The van der Waals surface area contributed by atoms with Crippen LogP contribution in [0.15, 0.2) is 47.4 Å². The Morgan fingerprint density at radius 3 is 2.46 bits per heavy atom. The molecule has 0 unspecified atom stereocenters. The molecule has 2 aromatic heterocycles. The fourth-order valence-electron chi connectivity index (χ4n) is 2.79. The first-order valence-electron chi connectivity index (χ1n) is 8.98. The number of methoxy groups -OCH3 is 1. The monoisotopic (exact) mass is 382 g/mol. The van der Waals surface area contributed by atoms with Gasteiger partial charge >= 0.3 is 5.97 Å². The van der Waals surface area contributed by atoms with Crippen LogP contribution in [0.5, 0.6) is 11.5 Å². The molecule has 0 aliphatic heterocycles. The molecule has 0 saturated carbocycles. The number of esters is 1. The number of hydrogen-bond donors (Lipinski definition) is 0. The number of rotatable bonds is 7. The van der Waals surface area contributed by atoms with E-state index in [1.54, 1.807) is 48.1 Å². The second-order valence-electron chi connectivity index (χ2n) is 6.14. The van der Waals surface area contributed by atoms with Gasteiger partial charge in [0.25, 0.3) is 0 Å². The molecule has 1 aromatic carbocycles. The summed E-state index contributed by atoms with van der Waals surface area (Å²) in [7, 11) is 1.59. The molecule has 0 aliphatic rings. The molecule has 3 rings (SSSR count). The van der Waals surface area contributed by atoms with Crippen LogP contribution in [0.25, 0.3) is 11.0 Å². The Kier molecular flexibility index (Phi) is 5.93. The first-order valence-corrected chi connectivity index (χ1v) is 8.98. The molecule has 0 fully saturated rings. The maximum atomic E-state index is 12.7. The third kappa shape index (κ3) is 4.14. The SMILES string of the molecule is CCn1cc(C(=O)OCCOc2ccc(OC)cc2)c(=O)c2ccc(C)nc21. The van der Waals surface area contributed by atoms with E-state index in [9.17, 15) is 9.59 Å². The molecule has 3 aromatic rings. The normalized spacial score (nSPS) is 10.7. The molecular weight excluding hydrogens is 360 g/mol. The largest absolute Gasteiger partial charge is 0.497 e. The van der Waals surface area contributed by atoms with Gasteiger partial charge in [-0.3, -0.25) is 4.79 Å². The zero-order valence-electron chi connectivity index (χ0n) is 16.1. The fraction of sp³-hybridized carbons (Fsp3) is 0.286. The highest BCUT2D eigenvalue weighted by molar-refractivity contribution is 5.93. The number of carbonyl (C=O) groups is 1. The summed E-state index contributed by atoms with van der Waals surface area (Å²) in [6.07, 6.45) is 1.50. The number of aromatic nitrogens is 2. The summed E-state index contributed by atoms with van der Waals surface area (Å²) in [5.41, 5.74) is 0.977. The van der Waals surface area contributed by atoms with Gasteiger partial charge in [-0.2, -0.15) is 0 Å². The molecule has 0 saturated heterocycles. The molecular formula is C21H22N2O5. The zero-order chi connectivity index (χ0) is 20.1. The Hall–Kier alpha value is -3.35. The van der Waals surface area contributed by atoms with Crippen molar-refractivity contribution < 1.29 is 19.0 Å². The summed E-state index contributed by atoms with van der Waals surface area (Å²) in [5, 5.41) is 0.399. The molecule has 0 amide bonds. The van der Waals surface area contributed by atoms with Gasteiger partial charge < -0.3 is 18.8 Å². The molecule has 146 valence electrons. The summed E-state index contributed by atoms with van der Waals surface area (Å²) < 4.78 is 17.6. The number of benzene rings is 1. The Labute approximate surface area is 162 Å². The van der Waals surface area contributed by atoms with E-state index >= 15 is 0 Å². The van der Waals surface area contributed by atoms with Gasteiger partial charge in [-0.05, 0) is 50.2 Å². The van der Waals surface area contributed by atoms with E-state index in [4.69, 9.17) is 14.2 Å². The van der Waals surface area contributed by atoms with E-state index < -0.39 is 5.97 Å². The highest BCUT2D eigenvalue weighted by Crippen LogP contribution is 2.17. The minimum absolute atomic E-state index is 0.00977. The Balaban J connectivity index is 1.68. The van der Waals surface area contributed by atoms with Gasteiger partial charge in [0.05, 0.1) is 12.5 Å². The van der Waals surface area contributed by atoms with Gasteiger partial charge in [0.1, 0.15) is 35.9 Å². The number of nitrogens with zero attached hydrogens (tertiary/aromatic N) is 2. The van der Waals surface area contributed by atoms with Crippen molar-refractivity contribution in [2.75, 3.05) is 20.3 Å². The predicted octanol–water partition coefficient (Wildman–Crippen LogP) is 2.97. The van der Waals surface area contributed by atoms with Crippen LogP contribution in [0.1, 0.15) is 23.0 Å². The van der Waals surface area contributed by atoms with Crippen LogP contribution >= 0.6 is 0 Å². The van der Waals surface area contributed by atoms with Crippen molar-refractivity contribution in [3.8, 4) is 11.5 Å². The summed E-state index contributed by atoms with van der Waals surface area (Å²) >= 11 is 0. The van der Waals surface area contributed by atoms with Gasteiger partial charge in [0, 0.05) is 18.4 Å². The van der Waals surface area contributed by atoms with Crippen LogP contribution < -0.4 is 14.9 Å². The molecule has 0 N–H and O–H groups in total. The van der Waals surface area contributed by atoms with Gasteiger partial charge in [-0.1, -0.05) is 0 Å². The maximum Gasteiger partial charge on any atom is 0.343 e. The van der Waals surface area contributed by atoms with E-state index in [1.807, 2.05) is 13.8 Å². The summed E-state index contributed by atoms with van der Waals surface area (Å²) in [5.74, 6) is 0.692. The zero-order valence-corrected chi connectivity index (χ0v) is 16.1. The smallest absolute Gasteiger partial charge is 0.343 e. The second kappa shape index (κ2) is 8.56. The summed E-state index contributed by atoms with van der Waals surface area (Å²) in [4.78, 5) is 29.5. The highest BCUT2D eigenvalue weighted by Gasteiger charge is 2.17. The van der Waals surface area contributed by atoms with Crippen molar-refractivity contribution in [3.63, 3.8) is 0 Å². The van der Waals surface area contributed by atoms with Gasteiger partial charge in [-0.25, -0.2) is 9.78 Å². The van der Waals surface area contributed by atoms with Crippen LogP contribution in [0.4, 0.5) is 0 Å². The molecule has 28 heavy (non-hydrogen) atoms. The summed E-state index contributed by atoms with van der Waals surface area (Å²) in [6.45, 7) is 4.56. The lowest BCUT2D eigenvalue weighted by Gasteiger charge is -2.11.